The molecule has 5 nitrogen and oxygen atoms in total. The Balaban J connectivity index is 2.49. The van der Waals surface area contributed by atoms with E-state index < -0.39 is 0 Å². The van der Waals surface area contributed by atoms with E-state index >= 15 is 0 Å². The molecule has 2 rings (SSSR count). The molecule has 0 fully saturated rings. The first-order valence-electron chi connectivity index (χ1n) is 4.92. The van der Waals surface area contributed by atoms with Gasteiger partial charge >= 0.3 is 0 Å². The highest BCUT2D eigenvalue weighted by atomic mass is 16.3. The third kappa shape index (κ3) is 1.78. The Bertz CT molecular complexity index is 477. The van der Waals surface area contributed by atoms with Gasteiger partial charge in [0.2, 0.25) is 0 Å². The number of nitrogens with zero attached hydrogens (tertiary/aromatic N) is 3. The summed E-state index contributed by atoms with van der Waals surface area (Å²) in [6.45, 7) is 2.73. The lowest BCUT2D eigenvalue weighted by molar-refractivity contribution is 0.280. The van der Waals surface area contributed by atoms with E-state index in [1.807, 2.05) is 23.8 Å². The number of nitrogen functional groups attached to an aromatic ring is 1. The average Bonchev–Trinajstić information content (AvgIpc) is 2.58. The molecule has 0 radical (unpaired) electrons. The number of hydrogen-bond acceptors (Lipinski definition) is 4. The van der Waals surface area contributed by atoms with Gasteiger partial charge in [-0.1, -0.05) is 0 Å². The van der Waals surface area contributed by atoms with Gasteiger partial charge in [-0.15, -0.1) is 0 Å². The van der Waals surface area contributed by atoms with Crippen LogP contribution in [0.2, 0.25) is 0 Å². The number of aryl methyl sites for hydroxylation is 2. The van der Waals surface area contributed by atoms with Crippen LogP contribution < -0.4 is 5.73 Å². The molecule has 0 atom stereocenters. The first-order valence-corrected chi connectivity index (χ1v) is 4.92. The SMILES string of the molecule is Cc1nc(N)c2c(ccn2CCCO)n1. The van der Waals surface area contributed by atoms with Gasteiger partial charge in [0.05, 0.1) is 5.52 Å². The maximum absolute atomic E-state index is 8.77. The Morgan fingerprint density at radius 3 is 3.00 bits per heavy atom. The zero-order valence-corrected chi connectivity index (χ0v) is 8.64. The third-order valence-electron chi connectivity index (χ3n) is 2.31. The van der Waals surface area contributed by atoms with E-state index in [1.54, 1.807) is 0 Å². The Hall–Kier alpha value is -1.62. The van der Waals surface area contributed by atoms with Crippen LogP contribution in [0.15, 0.2) is 12.3 Å². The molecule has 2 heterocycles. The van der Waals surface area contributed by atoms with Crippen molar-refractivity contribution in [2.24, 2.45) is 0 Å². The van der Waals surface area contributed by atoms with Crippen LogP contribution in [0.25, 0.3) is 11.0 Å². The first-order chi connectivity index (χ1) is 7.22. The van der Waals surface area contributed by atoms with Gasteiger partial charge < -0.3 is 15.4 Å². The van der Waals surface area contributed by atoms with Crippen LogP contribution in [-0.2, 0) is 6.54 Å². The number of nitrogens with two attached hydrogens (primary N) is 1. The van der Waals surface area contributed by atoms with E-state index in [9.17, 15) is 0 Å². The van der Waals surface area contributed by atoms with Crippen molar-refractivity contribution in [3.05, 3.63) is 18.1 Å². The van der Waals surface area contributed by atoms with Gasteiger partial charge in [-0.3, -0.25) is 0 Å². The minimum Gasteiger partial charge on any atom is -0.396 e. The van der Waals surface area contributed by atoms with Gasteiger partial charge in [-0.25, -0.2) is 9.97 Å². The largest absolute Gasteiger partial charge is 0.396 e. The minimum absolute atomic E-state index is 0.173. The molecule has 2 aromatic rings. The number of aromatic nitrogens is 3. The predicted molar refractivity (Wildman–Crippen MR) is 58.4 cm³/mol. The van der Waals surface area contributed by atoms with E-state index in [4.69, 9.17) is 10.8 Å². The molecular weight excluding hydrogens is 192 g/mol. The summed E-state index contributed by atoms with van der Waals surface area (Å²) >= 11 is 0. The Kier molecular flexibility index (Phi) is 2.55. The van der Waals surface area contributed by atoms with Crippen LogP contribution >= 0.6 is 0 Å². The molecule has 2 aromatic heterocycles. The molecule has 0 saturated heterocycles. The Morgan fingerprint density at radius 1 is 1.47 bits per heavy atom. The number of fused-ring (bicyclic) bond motifs is 1. The van der Waals surface area contributed by atoms with Crippen molar-refractivity contribution in [1.82, 2.24) is 14.5 Å². The molecule has 5 heteroatoms. The number of aliphatic hydroxyl groups excluding tert-OH is 1. The molecule has 3 N–H and O–H groups in total. The van der Waals surface area contributed by atoms with Gasteiger partial charge in [0, 0.05) is 19.3 Å². The molecule has 0 bridgehead atoms. The molecule has 0 aliphatic heterocycles. The lowest BCUT2D eigenvalue weighted by Crippen LogP contribution is -2.03. The number of aliphatic hydroxyl groups is 1. The monoisotopic (exact) mass is 206 g/mol. The number of rotatable bonds is 3. The van der Waals surface area contributed by atoms with Crippen molar-refractivity contribution in [3.8, 4) is 0 Å². The topological polar surface area (TPSA) is 77.0 Å². The maximum Gasteiger partial charge on any atom is 0.151 e. The highest BCUT2D eigenvalue weighted by Crippen LogP contribution is 2.19. The summed E-state index contributed by atoms with van der Waals surface area (Å²) in [6, 6.07) is 1.91. The predicted octanol–water partition coefficient (Wildman–Crippen LogP) is 0.704. The van der Waals surface area contributed by atoms with Crippen LogP contribution in [-0.4, -0.2) is 26.2 Å². The summed E-state index contributed by atoms with van der Waals surface area (Å²) in [7, 11) is 0. The van der Waals surface area contributed by atoms with Gasteiger partial charge in [-0.05, 0) is 19.4 Å². The van der Waals surface area contributed by atoms with E-state index in [2.05, 4.69) is 9.97 Å². The lowest BCUT2D eigenvalue weighted by atomic mass is 10.4. The van der Waals surface area contributed by atoms with Crippen molar-refractivity contribution >= 4 is 16.9 Å². The zero-order valence-electron chi connectivity index (χ0n) is 8.64. The fraction of sp³-hybridized carbons (Fsp3) is 0.400. The average molecular weight is 206 g/mol. The number of hydrogen-bond donors (Lipinski definition) is 2. The van der Waals surface area contributed by atoms with Crippen molar-refractivity contribution < 1.29 is 5.11 Å². The summed E-state index contributed by atoms with van der Waals surface area (Å²) in [4.78, 5) is 8.42. The standard InChI is InChI=1S/C10H14N4O/c1-7-12-8-3-5-14(4-2-6-15)9(8)10(11)13-7/h3,5,15H,2,4,6H2,1H3,(H2,11,12,13). The van der Waals surface area contributed by atoms with E-state index in [0.717, 1.165) is 17.6 Å². The summed E-state index contributed by atoms with van der Waals surface area (Å²) in [5, 5.41) is 8.77. The molecule has 0 aliphatic rings. The van der Waals surface area contributed by atoms with Crippen LogP contribution in [0, 0.1) is 6.92 Å². The second-order valence-electron chi connectivity index (χ2n) is 3.48. The molecule has 15 heavy (non-hydrogen) atoms. The van der Waals surface area contributed by atoms with Gasteiger partial charge in [0.1, 0.15) is 11.3 Å². The highest BCUT2D eigenvalue weighted by molar-refractivity contribution is 5.85. The summed E-state index contributed by atoms with van der Waals surface area (Å²) < 4.78 is 1.97. The van der Waals surface area contributed by atoms with Crippen LogP contribution in [0.5, 0.6) is 0 Å². The van der Waals surface area contributed by atoms with Crippen molar-refractivity contribution in [1.29, 1.82) is 0 Å². The first kappa shape index (κ1) is 9.92. The molecule has 0 amide bonds. The van der Waals surface area contributed by atoms with Crippen LogP contribution in [0.1, 0.15) is 12.2 Å². The van der Waals surface area contributed by atoms with Crippen molar-refractivity contribution in [3.63, 3.8) is 0 Å². The zero-order chi connectivity index (χ0) is 10.8. The van der Waals surface area contributed by atoms with Crippen molar-refractivity contribution in [2.45, 2.75) is 19.9 Å². The second-order valence-corrected chi connectivity index (χ2v) is 3.48. The smallest absolute Gasteiger partial charge is 0.151 e. The molecule has 0 aliphatic carbocycles. The minimum atomic E-state index is 0.173. The fourth-order valence-corrected chi connectivity index (χ4v) is 1.68. The molecule has 0 unspecified atom stereocenters. The van der Waals surface area contributed by atoms with E-state index in [0.29, 0.717) is 18.1 Å². The highest BCUT2D eigenvalue weighted by Gasteiger charge is 2.07. The quantitative estimate of drug-likeness (QED) is 0.775. The van der Waals surface area contributed by atoms with Crippen molar-refractivity contribution in [2.75, 3.05) is 12.3 Å². The lowest BCUT2D eigenvalue weighted by Gasteiger charge is -2.05. The van der Waals surface area contributed by atoms with Crippen LogP contribution in [0.3, 0.4) is 0 Å². The normalized spacial score (nSPS) is 11.1. The molecule has 0 aromatic carbocycles. The van der Waals surface area contributed by atoms with E-state index in [-0.39, 0.29) is 6.61 Å². The maximum atomic E-state index is 8.77. The Labute approximate surface area is 87.6 Å². The van der Waals surface area contributed by atoms with Gasteiger partial charge in [-0.2, -0.15) is 0 Å². The molecule has 80 valence electrons. The van der Waals surface area contributed by atoms with Gasteiger partial charge in [0.15, 0.2) is 5.82 Å². The Morgan fingerprint density at radius 2 is 2.27 bits per heavy atom. The number of anilines is 1. The van der Waals surface area contributed by atoms with Crippen LogP contribution in [0.4, 0.5) is 5.82 Å². The molecule has 0 saturated carbocycles. The summed E-state index contributed by atoms with van der Waals surface area (Å²) in [5.74, 6) is 1.18. The van der Waals surface area contributed by atoms with Gasteiger partial charge in [0.25, 0.3) is 0 Å². The molecule has 0 spiro atoms. The van der Waals surface area contributed by atoms with E-state index in [1.165, 1.54) is 0 Å². The summed E-state index contributed by atoms with van der Waals surface area (Å²) in [6.07, 6.45) is 2.63. The molecular formula is C10H14N4O. The fourth-order valence-electron chi connectivity index (χ4n) is 1.68. The summed E-state index contributed by atoms with van der Waals surface area (Å²) in [5.41, 5.74) is 7.55. The second kappa shape index (κ2) is 3.86. The third-order valence-corrected chi connectivity index (χ3v) is 2.31.